The Balaban J connectivity index is 1.77. The molecule has 1 aliphatic heterocycles. The number of hydrogen-bond donors (Lipinski definition) is 0. The molecule has 4 nitrogen and oxygen atoms in total. The summed E-state index contributed by atoms with van der Waals surface area (Å²) < 4.78 is 5.32. The molecule has 1 heterocycles. The minimum atomic E-state index is -0.265. The molecule has 0 unspecified atom stereocenters. The van der Waals surface area contributed by atoms with Gasteiger partial charge in [-0.2, -0.15) is 0 Å². The smallest absolute Gasteiger partial charge is 0.410 e. The van der Waals surface area contributed by atoms with Gasteiger partial charge in [0.25, 0.3) is 0 Å². The van der Waals surface area contributed by atoms with Gasteiger partial charge in [0.2, 0.25) is 0 Å². The lowest BCUT2D eigenvalue weighted by Gasteiger charge is -2.33. The van der Waals surface area contributed by atoms with Crippen molar-refractivity contribution in [2.45, 2.75) is 13.0 Å². The first kappa shape index (κ1) is 15.1. The SMILES string of the molecule is [CH2]CCN1CCN(C(=O)OCc2ccccc2Cl)CC1. The summed E-state index contributed by atoms with van der Waals surface area (Å²) >= 11 is 6.03. The van der Waals surface area contributed by atoms with E-state index in [9.17, 15) is 4.79 Å². The van der Waals surface area contributed by atoms with E-state index < -0.39 is 0 Å². The number of benzene rings is 1. The van der Waals surface area contributed by atoms with Gasteiger partial charge in [-0.05, 0) is 19.0 Å². The van der Waals surface area contributed by atoms with E-state index in [0.717, 1.165) is 31.6 Å². The quantitative estimate of drug-likeness (QED) is 0.856. The first-order valence-corrected chi connectivity index (χ1v) is 7.25. The van der Waals surface area contributed by atoms with E-state index in [1.807, 2.05) is 18.2 Å². The van der Waals surface area contributed by atoms with Gasteiger partial charge >= 0.3 is 6.09 Å². The first-order chi connectivity index (χ1) is 9.70. The van der Waals surface area contributed by atoms with Crippen LogP contribution in [0.4, 0.5) is 4.79 Å². The molecule has 2 rings (SSSR count). The number of carbonyl (C=O) groups is 1. The zero-order valence-corrected chi connectivity index (χ0v) is 12.3. The Kier molecular flexibility index (Phi) is 5.68. The van der Waals surface area contributed by atoms with Crippen LogP contribution in [-0.4, -0.2) is 48.6 Å². The maximum atomic E-state index is 12.0. The van der Waals surface area contributed by atoms with E-state index in [1.165, 1.54) is 0 Å². The van der Waals surface area contributed by atoms with E-state index in [1.54, 1.807) is 11.0 Å². The molecule has 0 atom stereocenters. The van der Waals surface area contributed by atoms with Crippen molar-refractivity contribution in [1.29, 1.82) is 0 Å². The van der Waals surface area contributed by atoms with Crippen LogP contribution in [0.1, 0.15) is 12.0 Å². The van der Waals surface area contributed by atoms with Gasteiger partial charge in [0.15, 0.2) is 0 Å². The fourth-order valence-electron chi connectivity index (χ4n) is 2.22. The van der Waals surface area contributed by atoms with Crippen LogP contribution in [0.5, 0.6) is 0 Å². The number of ether oxygens (including phenoxy) is 1. The van der Waals surface area contributed by atoms with Gasteiger partial charge in [-0.3, -0.25) is 4.90 Å². The average molecular weight is 296 g/mol. The molecule has 0 aliphatic carbocycles. The highest BCUT2D eigenvalue weighted by Gasteiger charge is 2.21. The maximum absolute atomic E-state index is 12.0. The minimum absolute atomic E-state index is 0.220. The molecule has 0 aromatic heterocycles. The lowest BCUT2D eigenvalue weighted by atomic mass is 10.2. The molecule has 0 saturated carbocycles. The summed E-state index contributed by atoms with van der Waals surface area (Å²) in [6.45, 7) is 8.24. The van der Waals surface area contributed by atoms with Crippen LogP contribution in [0.25, 0.3) is 0 Å². The van der Waals surface area contributed by atoms with Crippen molar-refractivity contribution in [3.8, 4) is 0 Å². The lowest BCUT2D eigenvalue weighted by Crippen LogP contribution is -2.48. The van der Waals surface area contributed by atoms with Gasteiger partial charge < -0.3 is 9.64 Å². The Morgan fingerprint density at radius 2 is 1.95 bits per heavy atom. The van der Waals surface area contributed by atoms with E-state index in [2.05, 4.69) is 11.8 Å². The summed E-state index contributed by atoms with van der Waals surface area (Å²) in [7, 11) is 0. The highest BCUT2D eigenvalue weighted by atomic mass is 35.5. The van der Waals surface area contributed by atoms with Crippen molar-refractivity contribution < 1.29 is 9.53 Å². The fourth-order valence-corrected chi connectivity index (χ4v) is 2.41. The summed E-state index contributed by atoms with van der Waals surface area (Å²) in [5.74, 6) is 0. The Bertz CT molecular complexity index is 445. The Labute approximate surface area is 125 Å². The van der Waals surface area contributed by atoms with Gasteiger partial charge in [0.05, 0.1) is 0 Å². The molecule has 1 aromatic rings. The largest absolute Gasteiger partial charge is 0.444 e. The molecule has 0 bridgehead atoms. The van der Waals surface area contributed by atoms with Gasteiger partial charge in [0.1, 0.15) is 6.61 Å². The molecular formula is C15H20ClN2O2. The van der Waals surface area contributed by atoms with E-state index >= 15 is 0 Å². The lowest BCUT2D eigenvalue weighted by molar-refractivity contribution is 0.0721. The zero-order valence-electron chi connectivity index (χ0n) is 11.6. The number of carbonyl (C=O) groups excluding carboxylic acids is 1. The number of nitrogens with zero attached hydrogens (tertiary/aromatic N) is 2. The normalized spacial score (nSPS) is 16.2. The first-order valence-electron chi connectivity index (χ1n) is 6.87. The molecule has 1 aromatic carbocycles. The fraction of sp³-hybridized carbons (Fsp3) is 0.467. The predicted molar refractivity (Wildman–Crippen MR) is 79.6 cm³/mol. The number of halogens is 1. The predicted octanol–water partition coefficient (Wildman–Crippen LogP) is 2.82. The summed E-state index contributed by atoms with van der Waals surface area (Å²) in [6, 6.07) is 7.39. The van der Waals surface area contributed by atoms with Crippen LogP contribution in [0.3, 0.4) is 0 Å². The van der Waals surface area contributed by atoms with Crippen molar-refractivity contribution in [2.75, 3.05) is 32.7 Å². The highest BCUT2D eigenvalue weighted by Crippen LogP contribution is 2.16. The summed E-state index contributed by atoms with van der Waals surface area (Å²) in [5, 5.41) is 0.626. The van der Waals surface area contributed by atoms with Crippen LogP contribution >= 0.6 is 11.6 Å². The maximum Gasteiger partial charge on any atom is 0.410 e. The van der Waals surface area contributed by atoms with Crippen LogP contribution in [-0.2, 0) is 11.3 Å². The molecule has 1 radical (unpaired) electrons. The van der Waals surface area contributed by atoms with Crippen molar-refractivity contribution in [3.05, 3.63) is 41.8 Å². The van der Waals surface area contributed by atoms with E-state index in [-0.39, 0.29) is 12.7 Å². The van der Waals surface area contributed by atoms with Crippen molar-refractivity contribution >= 4 is 17.7 Å². The molecule has 0 spiro atoms. The minimum Gasteiger partial charge on any atom is -0.444 e. The monoisotopic (exact) mass is 295 g/mol. The van der Waals surface area contributed by atoms with Crippen LogP contribution < -0.4 is 0 Å². The average Bonchev–Trinajstić information content (AvgIpc) is 2.47. The van der Waals surface area contributed by atoms with Crippen LogP contribution in [0.15, 0.2) is 24.3 Å². The number of hydrogen-bond acceptors (Lipinski definition) is 3. The highest BCUT2D eigenvalue weighted by molar-refractivity contribution is 6.31. The Morgan fingerprint density at radius 1 is 1.25 bits per heavy atom. The van der Waals surface area contributed by atoms with Crippen LogP contribution in [0.2, 0.25) is 5.02 Å². The Hall–Kier alpha value is -1.26. The third-order valence-electron chi connectivity index (χ3n) is 3.41. The van der Waals surface area contributed by atoms with Crippen molar-refractivity contribution in [3.63, 3.8) is 0 Å². The van der Waals surface area contributed by atoms with Crippen molar-refractivity contribution in [1.82, 2.24) is 9.80 Å². The van der Waals surface area contributed by atoms with Crippen molar-refractivity contribution in [2.24, 2.45) is 0 Å². The van der Waals surface area contributed by atoms with Gasteiger partial charge in [-0.25, -0.2) is 4.79 Å². The Morgan fingerprint density at radius 3 is 2.60 bits per heavy atom. The third kappa shape index (κ3) is 4.12. The summed E-state index contributed by atoms with van der Waals surface area (Å²) in [6.07, 6.45) is 0.635. The molecule has 0 N–H and O–H groups in total. The standard InChI is InChI=1S/C15H20ClN2O2/c1-2-7-17-8-10-18(11-9-17)15(19)20-12-13-5-3-4-6-14(13)16/h3-6H,1-2,7-12H2. The molecule has 5 heteroatoms. The van der Waals surface area contributed by atoms with Gasteiger partial charge in [0, 0.05) is 36.8 Å². The number of piperazine rings is 1. The molecule has 20 heavy (non-hydrogen) atoms. The molecule has 1 aliphatic rings. The summed E-state index contributed by atoms with van der Waals surface area (Å²) in [4.78, 5) is 16.0. The van der Waals surface area contributed by atoms with E-state index in [0.29, 0.717) is 18.1 Å². The molecule has 1 saturated heterocycles. The second-order valence-corrected chi connectivity index (χ2v) is 5.24. The second-order valence-electron chi connectivity index (χ2n) is 4.83. The second kappa shape index (κ2) is 7.50. The molecule has 1 amide bonds. The third-order valence-corrected chi connectivity index (χ3v) is 3.78. The topological polar surface area (TPSA) is 32.8 Å². The zero-order chi connectivity index (χ0) is 14.4. The number of amides is 1. The van der Waals surface area contributed by atoms with Crippen LogP contribution in [0, 0.1) is 6.92 Å². The van der Waals surface area contributed by atoms with Gasteiger partial charge in [-0.1, -0.05) is 36.7 Å². The van der Waals surface area contributed by atoms with Gasteiger partial charge in [-0.15, -0.1) is 0 Å². The van der Waals surface area contributed by atoms with E-state index in [4.69, 9.17) is 16.3 Å². The number of rotatable bonds is 4. The molecule has 109 valence electrons. The molecule has 1 fully saturated rings. The molecular weight excluding hydrogens is 276 g/mol. The summed E-state index contributed by atoms with van der Waals surface area (Å²) in [5.41, 5.74) is 0.832.